The second kappa shape index (κ2) is 10.7. The van der Waals surface area contributed by atoms with Crippen LogP contribution in [0.4, 0.5) is 0 Å². The van der Waals surface area contributed by atoms with Gasteiger partial charge in [-0.15, -0.1) is 0 Å². The van der Waals surface area contributed by atoms with Crippen molar-refractivity contribution in [2.75, 3.05) is 0 Å². The summed E-state index contributed by atoms with van der Waals surface area (Å²) < 4.78 is 0. The Morgan fingerprint density at radius 3 is 1.38 bits per heavy atom. The highest BCUT2D eigenvalue weighted by Gasteiger charge is 2.19. The fraction of sp³-hybridized carbons (Fsp3) is 0. The summed E-state index contributed by atoms with van der Waals surface area (Å²) >= 11 is 0. The molecule has 0 fully saturated rings. The molecule has 0 heteroatoms. The Kier molecular flexibility index (Phi) is 5.98. The molecule has 0 aromatic heterocycles. The highest BCUT2D eigenvalue weighted by molar-refractivity contribution is 6.25. The predicted molar refractivity (Wildman–Crippen MR) is 208 cm³/mol. The SMILES string of the molecule is c1ccc(-c2c3ccccc3c(-c3ccc(-c4cccc5c4ccc4cc6ccccc6cc45)c4ccccc34)c3ccccc23)cc1. The van der Waals surface area contributed by atoms with Gasteiger partial charge in [0.1, 0.15) is 0 Å². The zero-order valence-corrected chi connectivity index (χ0v) is 26.3. The van der Waals surface area contributed by atoms with Gasteiger partial charge in [-0.1, -0.05) is 170 Å². The van der Waals surface area contributed by atoms with Crippen LogP contribution in [0.1, 0.15) is 0 Å². The molecule has 48 heavy (non-hydrogen) atoms. The molecule has 0 heterocycles. The topological polar surface area (TPSA) is 0 Å². The zero-order chi connectivity index (χ0) is 31.6. The second-order valence-corrected chi connectivity index (χ2v) is 12.8. The van der Waals surface area contributed by atoms with Crippen LogP contribution in [-0.2, 0) is 0 Å². The van der Waals surface area contributed by atoms with Crippen molar-refractivity contribution in [2.24, 2.45) is 0 Å². The van der Waals surface area contributed by atoms with Crippen LogP contribution in [0.2, 0.25) is 0 Å². The van der Waals surface area contributed by atoms with E-state index in [-0.39, 0.29) is 0 Å². The van der Waals surface area contributed by atoms with Crippen molar-refractivity contribution in [3.8, 4) is 33.4 Å². The van der Waals surface area contributed by atoms with E-state index in [1.165, 1.54) is 98.0 Å². The number of rotatable bonds is 3. The van der Waals surface area contributed by atoms with Crippen molar-refractivity contribution in [1.82, 2.24) is 0 Å². The minimum absolute atomic E-state index is 1.24. The van der Waals surface area contributed by atoms with E-state index in [4.69, 9.17) is 0 Å². The molecule has 10 aromatic carbocycles. The minimum atomic E-state index is 1.24. The zero-order valence-electron chi connectivity index (χ0n) is 26.3. The summed E-state index contributed by atoms with van der Waals surface area (Å²) in [6, 6.07) is 67.1. The van der Waals surface area contributed by atoms with Crippen LogP contribution in [0.15, 0.2) is 182 Å². The van der Waals surface area contributed by atoms with Gasteiger partial charge in [0.15, 0.2) is 0 Å². The van der Waals surface area contributed by atoms with Gasteiger partial charge in [-0.2, -0.15) is 0 Å². The molecular weight excluding hydrogens is 577 g/mol. The lowest BCUT2D eigenvalue weighted by atomic mass is 9.83. The molecule has 0 aliphatic rings. The van der Waals surface area contributed by atoms with E-state index in [2.05, 4.69) is 182 Å². The van der Waals surface area contributed by atoms with Crippen molar-refractivity contribution < 1.29 is 0 Å². The number of benzene rings is 10. The van der Waals surface area contributed by atoms with Crippen LogP contribution in [-0.4, -0.2) is 0 Å². The highest BCUT2D eigenvalue weighted by Crippen LogP contribution is 2.47. The number of hydrogen-bond donors (Lipinski definition) is 0. The third-order valence-electron chi connectivity index (χ3n) is 10.2. The van der Waals surface area contributed by atoms with Crippen molar-refractivity contribution >= 4 is 64.6 Å². The molecule has 0 atom stereocenters. The average Bonchev–Trinajstić information content (AvgIpc) is 3.16. The Morgan fingerprint density at radius 1 is 0.208 bits per heavy atom. The van der Waals surface area contributed by atoms with Gasteiger partial charge < -0.3 is 0 Å². The number of fused-ring (bicyclic) bond motifs is 7. The lowest BCUT2D eigenvalue weighted by molar-refractivity contribution is 1.66. The summed E-state index contributed by atoms with van der Waals surface area (Å²) in [6.45, 7) is 0. The first kappa shape index (κ1) is 26.9. The lowest BCUT2D eigenvalue weighted by Crippen LogP contribution is -1.92. The van der Waals surface area contributed by atoms with E-state index in [1.807, 2.05) is 0 Å². The molecule has 10 aromatic rings. The van der Waals surface area contributed by atoms with E-state index in [0.717, 1.165) is 0 Å². The molecule has 0 spiro atoms. The van der Waals surface area contributed by atoms with Gasteiger partial charge in [-0.05, 0) is 110 Å². The molecule has 0 bridgehead atoms. The van der Waals surface area contributed by atoms with E-state index in [1.54, 1.807) is 0 Å². The Hall–Kier alpha value is -6.24. The monoisotopic (exact) mass is 606 g/mol. The Labute approximate surface area is 279 Å². The molecule has 0 unspecified atom stereocenters. The van der Waals surface area contributed by atoms with Crippen LogP contribution in [0.3, 0.4) is 0 Å². The highest BCUT2D eigenvalue weighted by atomic mass is 14.2. The molecule has 0 amide bonds. The fourth-order valence-electron chi connectivity index (χ4n) is 8.10. The summed E-state index contributed by atoms with van der Waals surface area (Å²) in [4.78, 5) is 0. The van der Waals surface area contributed by atoms with Crippen molar-refractivity contribution in [1.29, 1.82) is 0 Å². The summed E-state index contributed by atoms with van der Waals surface area (Å²) in [7, 11) is 0. The summed E-state index contributed by atoms with van der Waals surface area (Å²) in [6.07, 6.45) is 0. The van der Waals surface area contributed by atoms with E-state index in [9.17, 15) is 0 Å². The van der Waals surface area contributed by atoms with Crippen molar-refractivity contribution in [3.05, 3.63) is 182 Å². The molecule has 10 rings (SSSR count). The van der Waals surface area contributed by atoms with Gasteiger partial charge >= 0.3 is 0 Å². The van der Waals surface area contributed by atoms with E-state index in [0.29, 0.717) is 0 Å². The normalized spacial score (nSPS) is 11.8. The molecule has 0 saturated carbocycles. The predicted octanol–water partition coefficient (Wildman–Crippen LogP) is 13.6. The van der Waals surface area contributed by atoms with Crippen molar-refractivity contribution in [2.45, 2.75) is 0 Å². The largest absolute Gasteiger partial charge is 0.0622 e. The van der Waals surface area contributed by atoms with Gasteiger partial charge in [0.05, 0.1) is 0 Å². The Morgan fingerprint density at radius 2 is 0.688 bits per heavy atom. The summed E-state index contributed by atoms with van der Waals surface area (Å²) in [5.74, 6) is 0. The average molecular weight is 607 g/mol. The molecule has 222 valence electrons. The Bertz CT molecular complexity index is 2820. The third kappa shape index (κ3) is 4.03. The van der Waals surface area contributed by atoms with Gasteiger partial charge in [0.2, 0.25) is 0 Å². The van der Waals surface area contributed by atoms with Crippen molar-refractivity contribution in [3.63, 3.8) is 0 Å². The first-order chi connectivity index (χ1) is 23.8. The van der Waals surface area contributed by atoms with Gasteiger partial charge in [-0.25, -0.2) is 0 Å². The smallest absolute Gasteiger partial charge is 0.00201 e. The molecule has 0 aliphatic carbocycles. The lowest BCUT2D eigenvalue weighted by Gasteiger charge is -2.20. The van der Waals surface area contributed by atoms with Crippen LogP contribution < -0.4 is 0 Å². The molecule has 0 nitrogen and oxygen atoms in total. The van der Waals surface area contributed by atoms with Gasteiger partial charge in [0.25, 0.3) is 0 Å². The first-order valence-corrected chi connectivity index (χ1v) is 16.7. The fourth-order valence-corrected chi connectivity index (χ4v) is 8.10. The molecule has 0 radical (unpaired) electrons. The summed E-state index contributed by atoms with van der Waals surface area (Å²) in [5, 5.41) is 15.3. The van der Waals surface area contributed by atoms with E-state index >= 15 is 0 Å². The second-order valence-electron chi connectivity index (χ2n) is 12.8. The maximum atomic E-state index is 2.36. The van der Waals surface area contributed by atoms with Crippen LogP contribution in [0.5, 0.6) is 0 Å². The van der Waals surface area contributed by atoms with Crippen LogP contribution >= 0.6 is 0 Å². The van der Waals surface area contributed by atoms with E-state index < -0.39 is 0 Å². The van der Waals surface area contributed by atoms with Crippen LogP contribution in [0, 0.1) is 0 Å². The standard InChI is InChI=1S/C48H30/c1-2-13-31(14-3-1)47-41-19-8-10-21-43(41)48(44-22-11-9-20-42(44)47)45-28-27-40(35-17-6-7-18-37(35)45)36-23-12-24-38-39(36)26-25-34-29-32-15-4-5-16-33(32)30-46(34)38/h1-30H. The summed E-state index contributed by atoms with van der Waals surface area (Å²) in [5.41, 5.74) is 7.61. The van der Waals surface area contributed by atoms with Crippen LogP contribution in [0.25, 0.3) is 98.0 Å². The maximum Gasteiger partial charge on any atom is -0.00201 e. The first-order valence-electron chi connectivity index (χ1n) is 16.7. The quantitative estimate of drug-likeness (QED) is 0.139. The van der Waals surface area contributed by atoms with Gasteiger partial charge in [-0.3, -0.25) is 0 Å². The molecule has 0 aliphatic heterocycles. The maximum absolute atomic E-state index is 2.36. The molecule has 0 saturated heterocycles. The Balaban J connectivity index is 1.25. The van der Waals surface area contributed by atoms with Gasteiger partial charge in [0, 0.05) is 0 Å². The molecule has 0 N–H and O–H groups in total. The minimum Gasteiger partial charge on any atom is -0.0622 e. The third-order valence-corrected chi connectivity index (χ3v) is 10.2. The molecular formula is C48H30. The number of hydrogen-bond acceptors (Lipinski definition) is 0.